The summed E-state index contributed by atoms with van der Waals surface area (Å²) in [5, 5.41) is 11.6. The Morgan fingerprint density at radius 2 is 1.76 bits per heavy atom. The van der Waals surface area contributed by atoms with E-state index in [4.69, 9.17) is 9.84 Å². The van der Waals surface area contributed by atoms with Gasteiger partial charge in [0.25, 0.3) is 0 Å². The third-order valence-corrected chi connectivity index (χ3v) is 7.26. The molecule has 2 aromatic carbocycles. The first kappa shape index (κ1) is 26.0. The van der Waals surface area contributed by atoms with Gasteiger partial charge in [0.05, 0.1) is 24.8 Å². The topological polar surface area (TPSA) is 155 Å². The molecule has 3 N–H and O–H groups in total. The smallest absolute Gasteiger partial charge is 0.407 e. The molecule has 0 bridgehead atoms. The van der Waals surface area contributed by atoms with Gasteiger partial charge in [-0.05, 0) is 28.7 Å². The van der Waals surface area contributed by atoms with Gasteiger partial charge < -0.3 is 25.0 Å². The summed E-state index contributed by atoms with van der Waals surface area (Å²) >= 11 is 0. The Morgan fingerprint density at radius 3 is 2.49 bits per heavy atom. The van der Waals surface area contributed by atoms with Crippen LogP contribution in [0.15, 0.2) is 67.4 Å². The molecule has 0 spiro atoms. The predicted octanol–water partition coefficient (Wildman–Crippen LogP) is 3.34. The molecule has 0 aliphatic heterocycles. The highest BCUT2D eigenvalue weighted by Crippen LogP contribution is 2.44. The molecular formula is C29H27N7O5. The van der Waals surface area contributed by atoms with Crippen LogP contribution in [-0.4, -0.2) is 72.0 Å². The second kappa shape index (κ2) is 11.1. The fourth-order valence-electron chi connectivity index (χ4n) is 5.31. The number of amides is 2. The van der Waals surface area contributed by atoms with E-state index in [-0.39, 0.29) is 50.9 Å². The number of carboxylic acid groups (broad SMARTS) is 1. The predicted molar refractivity (Wildman–Crippen MR) is 148 cm³/mol. The second-order valence-corrected chi connectivity index (χ2v) is 9.78. The summed E-state index contributed by atoms with van der Waals surface area (Å²) in [6, 6.07) is 16.1. The Kier molecular flexibility index (Phi) is 7.02. The van der Waals surface area contributed by atoms with Crippen LogP contribution in [0.4, 0.5) is 4.79 Å². The number of fused-ring (bicyclic) bond motifs is 6. The molecule has 3 aromatic heterocycles. The molecule has 0 saturated heterocycles. The maximum absolute atomic E-state index is 13.2. The van der Waals surface area contributed by atoms with E-state index < -0.39 is 12.1 Å². The van der Waals surface area contributed by atoms with Crippen LogP contribution in [0.3, 0.4) is 0 Å². The van der Waals surface area contributed by atoms with Crippen molar-refractivity contribution in [2.75, 3.05) is 19.7 Å². The molecule has 208 valence electrons. The molecule has 5 aromatic rings. The van der Waals surface area contributed by atoms with Crippen LogP contribution < -0.4 is 5.32 Å². The number of nitrogens with one attached hydrogen (secondary N) is 2. The second-order valence-electron chi connectivity index (χ2n) is 9.78. The number of carbonyl (C=O) groups excluding carboxylic acids is 2. The molecule has 0 unspecified atom stereocenters. The molecule has 0 saturated carbocycles. The van der Waals surface area contributed by atoms with Crippen molar-refractivity contribution in [3.63, 3.8) is 0 Å². The summed E-state index contributed by atoms with van der Waals surface area (Å²) in [7, 11) is 0. The lowest BCUT2D eigenvalue weighted by molar-refractivity contribution is -0.138. The molecule has 0 radical (unpaired) electrons. The number of rotatable bonds is 10. The lowest BCUT2D eigenvalue weighted by Crippen LogP contribution is -2.41. The van der Waals surface area contributed by atoms with E-state index in [1.807, 2.05) is 36.4 Å². The number of hydrogen-bond donors (Lipinski definition) is 3. The highest BCUT2D eigenvalue weighted by atomic mass is 16.5. The number of carbonyl (C=O) groups is 3. The summed E-state index contributed by atoms with van der Waals surface area (Å²) in [6.07, 6.45) is 4.21. The minimum absolute atomic E-state index is 0.0902. The zero-order chi connectivity index (χ0) is 28.3. The molecule has 6 rings (SSSR count). The van der Waals surface area contributed by atoms with Crippen molar-refractivity contribution in [2.24, 2.45) is 0 Å². The first-order valence-electron chi connectivity index (χ1n) is 13.2. The Labute approximate surface area is 234 Å². The van der Waals surface area contributed by atoms with Crippen molar-refractivity contribution >= 4 is 34.8 Å². The van der Waals surface area contributed by atoms with Crippen LogP contribution in [0.5, 0.6) is 0 Å². The largest absolute Gasteiger partial charge is 0.481 e. The zero-order valence-corrected chi connectivity index (χ0v) is 22.0. The number of hydrogen-bond acceptors (Lipinski definition) is 7. The molecule has 41 heavy (non-hydrogen) atoms. The third-order valence-electron chi connectivity index (χ3n) is 7.26. The maximum Gasteiger partial charge on any atom is 0.407 e. The van der Waals surface area contributed by atoms with Gasteiger partial charge in [0.1, 0.15) is 25.0 Å². The molecule has 12 heteroatoms. The number of aliphatic carboxylic acids is 1. The quantitative estimate of drug-likeness (QED) is 0.238. The van der Waals surface area contributed by atoms with E-state index in [2.05, 4.69) is 37.4 Å². The summed E-state index contributed by atoms with van der Waals surface area (Å²) in [6.45, 7) is 0.161. The van der Waals surface area contributed by atoms with Crippen molar-refractivity contribution in [3.8, 4) is 11.1 Å². The Balaban J connectivity index is 1.10. The number of carboxylic acids is 1. The van der Waals surface area contributed by atoms with Gasteiger partial charge in [0, 0.05) is 18.9 Å². The standard InChI is InChI=1S/C29H27N7O5/c37-24(13-31-29(40)41-15-23-21-8-3-1-6-19(21)20-7-2-4-9-22(20)23)35(11-5-10-25(38)39)14-18-12-30-28-26-27(33-16-32-26)34-17-36(18)28/h1-4,6-9,12,16-17,23H,5,10-11,13-15H2,(H,31,40)(H,32,33)(H,38,39). The summed E-state index contributed by atoms with van der Waals surface area (Å²) in [4.78, 5) is 54.3. The van der Waals surface area contributed by atoms with Gasteiger partial charge in [-0.15, -0.1) is 0 Å². The summed E-state index contributed by atoms with van der Waals surface area (Å²) in [5.41, 5.74) is 6.91. The van der Waals surface area contributed by atoms with E-state index in [0.29, 0.717) is 22.5 Å². The van der Waals surface area contributed by atoms with E-state index in [9.17, 15) is 14.4 Å². The van der Waals surface area contributed by atoms with Crippen LogP contribution in [0.1, 0.15) is 35.6 Å². The number of alkyl carbamates (subject to hydrolysis) is 1. The fraction of sp³-hybridized carbons (Fsp3) is 0.241. The van der Waals surface area contributed by atoms with E-state index >= 15 is 0 Å². The molecule has 0 fully saturated rings. The van der Waals surface area contributed by atoms with Gasteiger partial charge in [0.2, 0.25) is 5.91 Å². The van der Waals surface area contributed by atoms with Gasteiger partial charge >= 0.3 is 12.1 Å². The van der Waals surface area contributed by atoms with Gasteiger partial charge in [-0.2, -0.15) is 0 Å². The van der Waals surface area contributed by atoms with Crippen molar-refractivity contribution in [1.29, 1.82) is 0 Å². The SMILES string of the molecule is O=C(O)CCCN(Cc1cnc2c3[nH]cnc3ncn12)C(=O)CNC(=O)OCC1c2ccccc2-c2ccccc21. The minimum Gasteiger partial charge on any atom is -0.481 e. The number of benzene rings is 2. The lowest BCUT2D eigenvalue weighted by Gasteiger charge is -2.22. The third kappa shape index (κ3) is 5.19. The number of ether oxygens (including phenoxy) is 1. The van der Waals surface area contributed by atoms with Gasteiger partial charge in [-0.1, -0.05) is 48.5 Å². The number of imidazole rings is 2. The molecule has 3 heterocycles. The molecular weight excluding hydrogens is 526 g/mol. The summed E-state index contributed by atoms with van der Waals surface area (Å²) in [5.74, 6) is -1.43. The number of H-pyrrole nitrogens is 1. The van der Waals surface area contributed by atoms with E-state index in [1.165, 1.54) is 11.2 Å². The first-order chi connectivity index (χ1) is 20.0. The van der Waals surface area contributed by atoms with Gasteiger partial charge in [-0.3, -0.25) is 14.0 Å². The van der Waals surface area contributed by atoms with Crippen molar-refractivity contribution in [2.45, 2.75) is 25.3 Å². The van der Waals surface area contributed by atoms with Crippen LogP contribution >= 0.6 is 0 Å². The molecule has 0 atom stereocenters. The monoisotopic (exact) mass is 553 g/mol. The zero-order valence-electron chi connectivity index (χ0n) is 22.0. The summed E-state index contributed by atoms with van der Waals surface area (Å²) < 4.78 is 7.30. The number of nitrogens with zero attached hydrogens (tertiary/aromatic N) is 5. The van der Waals surface area contributed by atoms with Gasteiger partial charge in [-0.25, -0.2) is 19.7 Å². The Bertz CT molecular complexity index is 1720. The Morgan fingerprint density at radius 1 is 1.02 bits per heavy atom. The van der Waals surface area contributed by atoms with Crippen molar-refractivity contribution in [1.82, 2.24) is 34.6 Å². The van der Waals surface area contributed by atoms with E-state index in [1.54, 1.807) is 16.9 Å². The highest BCUT2D eigenvalue weighted by Gasteiger charge is 2.29. The lowest BCUT2D eigenvalue weighted by atomic mass is 9.98. The average Bonchev–Trinajstić information content (AvgIpc) is 3.70. The number of aromatic nitrogens is 5. The van der Waals surface area contributed by atoms with E-state index in [0.717, 1.165) is 22.3 Å². The normalized spacial score (nSPS) is 12.3. The van der Waals surface area contributed by atoms with Crippen LogP contribution in [-0.2, 0) is 20.9 Å². The Hall–Kier alpha value is -5.26. The van der Waals surface area contributed by atoms with Crippen LogP contribution in [0.2, 0.25) is 0 Å². The number of aromatic amines is 1. The molecule has 2 amide bonds. The van der Waals surface area contributed by atoms with Gasteiger partial charge in [0.15, 0.2) is 11.3 Å². The van der Waals surface area contributed by atoms with Crippen LogP contribution in [0.25, 0.3) is 27.9 Å². The molecule has 1 aliphatic carbocycles. The highest BCUT2D eigenvalue weighted by molar-refractivity contribution is 5.85. The molecule has 12 nitrogen and oxygen atoms in total. The maximum atomic E-state index is 13.2. The minimum atomic E-state index is -0.949. The average molecular weight is 554 g/mol. The fourth-order valence-corrected chi connectivity index (χ4v) is 5.31. The molecule has 1 aliphatic rings. The van der Waals surface area contributed by atoms with Crippen molar-refractivity contribution in [3.05, 3.63) is 84.2 Å². The first-order valence-corrected chi connectivity index (χ1v) is 13.2. The van der Waals surface area contributed by atoms with Crippen molar-refractivity contribution < 1.29 is 24.2 Å². The van der Waals surface area contributed by atoms with Crippen LogP contribution in [0, 0.1) is 0 Å².